The maximum absolute atomic E-state index is 13.0. The summed E-state index contributed by atoms with van der Waals surface area (Å²) in [5, 5.41) is 3.08. The van der Waals surface area contributed by atoms with Crippen LogP contribution in [0.15, 0.2) is 48.5 Å². The maximum Gasteiger partial charge on any atom is 0.416 e. The number of nitrogens with zero attached hydrogens (tertiary/aromatic N) is 2. The van der Waals surface area contributed by atoms with E-state index >= 15 is 0 Å². The molecule has 2 amide bonds. The van der Waals surface area contributed by atoms with Gasteiger partial charge in [-0.15, -0.1) is 0 Å². The standard InChI is InChI=1S/C26H30F3N3O3/c1-35-23-8-3-2-6-19(23)16-31-11-9-22(10-12-31)30-25(34)20-14-24(33)32(17-20)15-18-5-4-7-21(13-18)26(27,28)29/h2-8,13,20,22H,9-12,14-17H2,1H3,(H,30,34). The topological polar surface area (TPSA) is 61.9 Å². The molecule has 0 aliphatic carbocycles. The SMILES string of the molecule is COc1ccccc1CN1CCC(NC(=O)C2CC(=O)N(Cc3cccc(C(F)(F)F)c3)C2)CC1. The Hall–Kier alpha value is -3.07. The third kappa shape index (κ3) is 6.33. The molecule has 2 aromatic rings. The number of ether oxygens (including phenoxy) is 1. The highest BCUT2D eigenvalue weighted by Gasteiger charge is 2.36. The van der Waals surface area contributed by atoms with Gasteiger partial charge in [-0.3, -0.25) is 14.5 Å². The zero-order chi connectivity index (χ0) is 25.0. The molecule has 0 spiro atoms. The number of halogens is 3. The van der Waals surface area contributed by atoms with Gasteiger partial charge in [0.15, 0.2) is 0 Å². The van der Waals surface area contributed by atoms with Gasteiger partial charge in [0.1, 0.15) is 5.75 Å². The van der Waals surface area contributed by atoms with E-state index in [-0.39, 0.29) is 37.4 Å². The van der Waals surface area contributed by atoms with Crippen LogP contribution in [0.1, 0.15) is 36.0 Å². The fourth-order valence-electron chi connectivity index (χ4n) is 4.80. The molecule has 2 heterocycles. The largest absolute Gasteiger partial charge is 0.496 e. The van der Waals surface area contributed by atoms with E-state index in [1.54, 1.807) is 13.2 Å². The highest BCUT2D eigenvalue weighted by Crippen LogP contribution is 2.30. The molecule has 1 N–H and O–H groups in total. The molecule has 188 valence electrons. The summed E-state index contributed by atoms with van der Waals surface area (Å²) >= 11 is 0. The molecule has 6 nitrogen and oxygen atoms in total. The Balaban J connectivity index is 1.25. The number of alkyl halides is 3. The summed E-state index contributed by atoms with van der Waals surface area (Å²) in [5.74, 6) is 0.00526. The van der Waals surface area contributed by atoms with Crippen LogP contribution >= 0.6 is 0 Å². The number of carbonyl (C=O) groups excluding carboxylic acids is 2. The highest BCUT2D eigenvalue weighted by molar-refractivity contribution is 5.89. The first kappa shape index (κ1) is 25.0. The Labute approximate surface area is 203 Å². The summed E-state index contributed by atoms with van der Waals surface area (Å²) in [5.41, 5.74) is 0.785. The summed E-state index contributed by atoms with van der Waals surface area (Å²) < 4.78 is 44.3. The van der Waals surface area contributed by atoms with E-state index in [4.69, 9.17) is 4.74 Å². The van der Waals surface area contributed by atoms with Gasteiger partial charge in [-0.2, -0.15) is 13.2 Å². The lowest BCUT2D eigenvalue weighted by atomic mass is 10.0. The van der Waals surface area contributed by atoms with E-state index in [9.17, 15) is 22.8 Å². The van der Waals surface area contributed by atoms with Crippen molar-refractivity contribution in [2.75, 3.05) is 26.7 Å². The van der Waals surface area contributed by atoms with Gasteiger partial charge in [-0.25, -0.2) is 0 Å². The molecular formula is C26H30F3N3O3. The van der Waals surface area contributed by atoms with Crippen LogP contribution in [0.25, 0.3) is 0 Å². The summed E-state index contributed by atoms with van der Waals surface area (Å²) in [6, 6.07) is 12.9. The van der Waals surface area contributed by atoms with Crippen LogP contribution < -0.4 is 10.1 Å². The van der Waals surface area contributed by atoms with Crippen LogP contribution in [0.2, 0.25) is 0 Å². The predicted octanol–water partition coefficient (Wildman–Crippen LogP) is 3.84. The average Bonchev–Trinajstić information content (AvgIpc) is 3.20. The van der Waals surface area contributed by atoms with E-state index in [0.717, 1.165) is 55.9 Å². The van der Waals surface area contributed by atoms with Crippen molar-refractivity contribution >= 4 is 11.8 Å². The molecule has 1 atom stereocenters. The molecular weight excluding hydrogens is 459 g/mol. The molecule has 2 aliphatic rings. The first-order valence-corrected chi connectivity index (χ1v) is 11.8. The molecule has 35 heavy (non-hydrogen) atoms. The minimum atomic E-state index is -4.43. The number of methoxy groups -OCH3 is 1. The maximum atomic E-state index is 13.0. The lowest BCUT2D eigenvalue weighted by molar-refractivity contribution is -0.137. The number of amides is 2. The number of para-hydroxylation sites is 1. The number of carbonyl (C=O) groups is 2. The van der Waals surface area contributed by atoms with Crippen LogP contribution in [-0.2, 0) is 28.9 Å². The molecule has 9 heteroatoms. The van der Waals surface area contributed by atoms with Crippen LogP contribution in [0, 0.1) is 5.92 Å². The second-order valence-corrected chi connectivity index (χ2v) is 9.24. The quantitative estimate of drug-likeness (QED) is 0.642. The third-order valence-corrected chi connectivity index (χ3v) is 6.73. The predicted molar refractivity (Wildman–Crippen MR) is 124 cm³/mol. The minimum absolute atomic E-state index is 0.0454. The summed E-state index contributed by atoms with van der Waals surface area (Å²) in [6.45, 7) is 2.75. The molecule has 0 bridgehead atoms. The van der Waals surface area contributed by atoms with Gasteiger partial charge in [-0.1, -0.05) is 30.3 Å². The minimum Gasteiger partial charge on any atom is -0.496 e. The smallest absolute Gasteiger partial charge is 0.416 e. The molecule has 1 unspecified atom stereocenters. The lowest BCUT2D eigenvalue weighted by Gasteiger charge is -2.33. The first-order valence-electron chi connectivity index (χ1n) is 11.8. The Morgan fingerprint density at radius 3 is 2.54 bits per heavy atom. The molecule has 2 aromatic carbocycles. The van der Waals surface area contributed by atoms with Crippen molar-refractivity contribution in [2.45, 2.75) is 44.6 Å². The third-order valence-electron chi connectivity index (χ3n) is 6.73. The van der Waals surface area contributed by atoms with Crippen molar-refractivity contribution in [3.8, 4) is 5.75 Å². The van der Waals surface area contributed by atoms with Gasteiger partial charge < -0.3 is 15.0 Å². The molecule has 2 fully saturated rings. The Bertz CT molecular complexity index is 1050. The summed E-state index contributed by atoms with van der Waals surface area (Å²) in [6.07, 6.45) is -2.72. The molecule has 0 radical (unpaired) electrons. The lowest BCUT2D eigenvalue weighted by Crippen LogP contribution is -2.46. The fourth-order valence-corrected chi connectivity index (χ4v) is 4.80. The summed E-state index contributed by atoms with van der Waals surface area (Å²) in [4.78, 5) is 29.1. The number of nitrogens with one attached hydrogen (secondary N) is 1. The number of rotatable bonds is 7. The zero-order valence-corrected chi connectivity index (χ0v) is 19.7. The van der Waals surface area contributed by atoms with Crippen LogP contribution in [0.4, 0.5) is 13.2 Å². The van der Waals surface area contributed by atoms with Crippen molar-refractivity contribution < 1.29 is 27.5 Å². The van der Waals surface area contributed by atoms with Gasteiger partial charge in [0, 0.05) is 50.7 Å². The van der Waals surface area contributed by atoms with Crippen LogP contribution in [0.3, 0.4) is 0 Å². The Morgan fingerprint density at radius 2 is 1.83 bits per heavy atom. The van der Waals surface area contributed by atoms with E-state index in [2.05, 4.69) is 16.3 Å². The van der Waals surface area contributed by atoms with Crippen molar-refractivity contribution in [1.82, 2.24) is 15.1 Å². The van der Waals surface area contributed by atoms with Crippen LogP contribution in [0.5, 0.6) is 5.75 Å². The van der Waals surface area contributed by atoms with Crippen molar-refractivity contribution in [2.24, 2.45) is 5.92 Å². The normalized spacial score (nSPS) is 19.7. The van der Waals surface area contributed by atoms with Crippen molar-refractivity contribution in [3.63, 3.8) is 0 Å². The molecule has 0 saturated carbocycles. The molecule has 2 aliphatic heterocycles. The number of hydrogen-bond acceptors (Lipinski definition) is 4. The van der Waals surface area contributed by atoms with Crippen molar-refractivity contribution in [3.05, 3.63) is 65.2 Å². The Kier molecular flexibility index (Phi) is 7.64. The van der Waals surface area contributed by atoms with Gasteiger partial charge >= 0.3 is 6.18 Å². The van der Waals surface area contributed by atoms with Gasteiger partial charge in [0.25, 0.3) is 0 Å². The summed E-state index contributed by atoms with van der Waals surface area (Å²) in [7, 11) is 1.66. The van der Waals surface area contributed by atoms with Crippen molar-refractivity contribution in [1.29, 1.82) is 0 Å². The second-order valence-electron chi connectivity index (χ2n) is 9.24. The molecule has 2 saturated heterocycles. The number of benzene rings is 2. The number of piperidine rings is 1. The molecule has 4 rings (SSSR count). The zero-order valence-electron chi connectivity index (χ0n) is 19.7. The molecule has 0 aromatic heterocycles. The second kappa shape index (κ2) is 10.7. The number of hydrogen-bond donors (Lipinski definition) is 1. The first-order chi connectivity index (χ1) is 16.7. The Morgan fingerprint density at radius 1 is 1.09 bits per heavy atom. The monoisotopic (exact) mass is 489 g/mol. The van der Waals surface area contributed by atoms with Crippen LogP contribution in [-0.4, -0.2) is 54.4 Å². The van der Waals surface area contributed by atoms with E-state index in [0.29, 0.717) is 5.56 Å². The number of likely N-dealkylation sites (tertiary alicyclic amines) is 2. The van der Waals surface area contributed by atoms with E-state index < -0.39 is 17.7 Å². The van der Waals surface area contributed by atoms with E-state index in [1.807, 2.05) is 18.2 Å². The fraction of sp³-hybridized carbons (Fsp3) is 0.462. The van der Waals surface area contributed by atoms with Gasteiger partial charge in [0.2, 0.25) is 11.8 Å². The van der Waals surface area contributed by atoms with Gasteiger partial charge in [-0.05, 0) is 36.6 Å². The van der Waals surface area contributed by atoms with Gasteiger partial charge in [0.05, 0.1) is 18.6 Å². The van der Waals surface area contributed by atoms with E-state index in [1.165, 1.54) is 11.0 Å². The average molecular weight is 490 g/mol. The highest BCUT2D eigenvalue weighted by atomic mass is 19.4.